The van der Waals surface area contributed by atoms with E-state index < -0.39 is 6.10 Å². The third kappa shape index (κ3) is 29.3. The van der Waals surface area contributed by atoms with E-state index in [0.717, 1.165) is 44.7 Å². The van der Waals surface area contributed by atoms with Crippen LogP contribution in [0.3, 0.4) is 0 Å². The predicted octanol–water partition coefficient (Wildman–Crippen LogP) is 5.28. The Balaban J connectivity index is 0. The van der Waals surface area contributed by atoms with E-state index in [1.54, 1.807) is 0 Å². The highest BCUT2D eigenvalue weighted by molar-refractivity contribution is 5.54. The van der Waals surface area contributed by atoms with E-state index in [1.165, 1.54) is 64.2 Å². The molecule has 0 radical (unpaired) electrons. The molecule has 0 amide bonds. The summed E-state index contributed by atoms with van der Waals surface area (Å²) in [5.41, 5.74) is 0. The average Bonchev–Trinajstić information content (AvgIpc) is 2.88. The van der Waals surface area contributed by atoms with Crippen LogP contribution in [-0.2, 0) is 23.8 Å². The third-order valence-corrected chi connectivity index (χ3v) is 5.82. The van der Waals surface area contributed by atoms with Gasteiger partial charge in [0.1, 0.15) is 12.6 Å². The van der Waals surface area contributed by atoms with Crippen molar-refractivity contribution in [1.29, 1.82) is 0 Å². The van der Waals surface area contributed by atoms with Gasteiger partial charge in [-0.3, -0.25) is 0 Å². The van der Waals surface area contributed by atoms with Crippen LogP contribution in [0, 0.1) is 5.92 Å². The Morgan fingerprint density at radius 2 is 1.17 bits per heavy atom. The lowest BCUT2D eigenvalue weighted by Gasteiger charge is -2.21. The molecule has 7 nitrogen and oxygen atoms in total. The van der Waals surface area contributed by atoms with E-state index in [2.05, 4.69) is 13.8 Å². The second kappa shape index (κ2) is 33.1. The fourth-order valence-electron chi connectivity index (χ4n) is 3.64. The minimum atomic E-state index is -0.451. The van der Waals surface area contributed by atoms with Gasteiger partial charge in [-0.15, -0.1) is 0 Å². The molecule has 210 valence electrons. The summed E-state index contributed by atoms with van der Waals surface area (Å²) in [6.45, 7) is 6.18. The molecule has 0 aliphatic rings. The monoisotopic (exact) mass is 504 g/mol. The van der Waals surface area contributed by atoms with Crippen molar-refractivity contribution in [3.63, 3.8) is 0 Å². The Labute approximate surface area is 215 Å². The Kier molecular flexibility index (Phi) is 34.4. The molecule has 0 aliphatic heterocycles. The van der Waals surface area contributed by atoms with Gasteiger partial charge in [0.25, 0.3) is 0 Å². The fourth-order valence-corrected chi connectivity index (χ4v) is 3.64. The van der Waals surface area contributed by atoms with Crippen LogP contribution in [-0.4, -0.2) is 75.1 Å². The number of rotatable bonds is 27. The molecular formula is C28H56O7. The summed E-state index contributed by atoms with van der Waals surface area (Å²) in [6.07, 6.45) is 19.1. The molecule has 0 aromatic carbocycles. The van der Waals surface area contributed by atoms with Crippen LogP contribution in [0.4, 0.5) is 0 Å². The lowest BCUT2D eigenvalue weighted by atomic mass is 9.96. The van der Waals surface area contributed by atoms with E-state index >= 15 is 0 Å². The van der Waals surface area contributed by atoms with Gasteiger partial charge in [-0.25, -0.2) is 0 Å². The van der Waals surface area contributed by atoms with Gasteiger partial charge in [-0.05, 0) is 12.8 Å². The summed E-state index contributed by atoms with van der Waals surface area (Å²) in [4.78, 5) is 21.2. The fraction of sp³-hybridized carbons (Fsp3) is 0.929. The first-order valence-corrected chi connectivity index (χ1v) is 14.1. The highest BCUT2D eigenvalue weighted by Gasteiger charge is 2.20. The normalized spacial score (nSPS) is 12.6. The standard InChI is InChI=1S/C18H36O6.C10H20O/c1-2-3-4-5-6-7-8-17(15-20)18(16-21)24-14-13-23-12-11-22-10-9-19;1-2-3-4-5-6-7-8-9-10-11/h15,17-19,21H,2-14,16H2,1H3;10H,2-9H2,1H3. The third-order valence-electron chi connectivity index (χ3n) is 5.82. The molecule has 0 fully saturated rings. The molecule has 0 bridgehead atoms. The van der Waals surface area contributed by atoms with Crippen LogP contribution in [0.1, 0.15) is 110 Å². The van der Waals surface area contributed by atoms with E-state index in [9.17, 15) is 14.7 Å². The molecule has 0 heterocycles. The second-order valence-electron chi connectivity index (χ2n) is 8.97. The Bertz CT molecular complexity index is 407. The molecule has 2 N–H and O–H groups in total. The van der Waals surface area contributed by atoms with Gasteiger partial charge in [0.15, 0.2) is 0 Å². The Morgan fingerprint density at radius 3 is 1.69 bits per heavy atom. The van der Waals surface area contributed by atoms with Crippen molar-refractivity contribution in [3.05, 3.63) is 0 Å². The molecule has 0 aliphatic carbocycles. The van der Waals surface area contributed by atoms with Crippen LogP contribution >= 0.6 is 0 Å². The first kappa shape index (κ1) is 36.3. The van der Waals surface area contributed by atoms with Gasteiger partial charge in [-0.2, -0.15) is 0 Å². The van der Waals surface area contributed by atoms with E-state index in [0.29, 0.717) is 33.0 Å². The highest BCUT2D eigenvalue weighted by Crippen LogP contribution is 2.16. The van der Waals surface area contributed by atoms with Crippen molar-refractivity contribution in [2.45, 2.75) is 116 Å². The second-order valence-corrected chi connectivity index (χ2v) is 8.97. The van der Waals surface area contributed by atoms with Gasteiger partial charge in [0, 0.05) is 12.3 Å². The maximum atomic E-state index is 11.2. The van der Waals surface area contributed by atoms with Crippen molar-refractivity contribution >= 4 is 12.6 Å². The minimum Gasteiger partial charge on any atom is -0.394 e. The van der Waals surface area contributed by atoms with Crippen LogP contribution in [0.5, 0.6) is 0 Å². The molecule has 0 aromatic heterocycles. The molecule has 0 saturated heterocycles. The number of hydrogen-bond donors (Lipinski definition) is 2. The zero-order chi connectivity index (χ0) is 26.2. The summed E-state index contributed by atoms with van der Waals surface area (Å²) in [5, 5.41) is 18.0. The number of unbranched alkanes of at least 4 members (excludes halogenated alkanes) is 12. The first-order valence-electron chi connectivity index (χ1n) is 14.1. The number of aliphatic hydroxyl groups is 2. The van der Waals surface area contributed by atoms with Crippen molar-refractivity contribution in [2.24, 2.45) is 5.92 Å². The number of aldehydes is 2. The summed E-state index contributed by atoms with van der Waals surface area (Å²) in [7, 11) is 0. The highest BCUT2D eigenvalue weighted by atomic mass is 16.5. The minimum absolute atomic E-state index is 0.00692. The molecule has 35 heavy (non-hydrogen) atoms. The molecule has 0 rings (SSSR count). The molecule has 0 aromatic rings. The number of aliphatic hydroxyl groups excluding tert-OH is 2. The van der Waals surface area contributed by atoms with Crippen LogP contribution < -0.4 is 0 Å². The summed E-state index contributed by atoms with van der Waals surface area (Å²) in [5.74, 6) is -0.255. The predicted molar refractivity (Wildman–Crippen MR) is 142 cm³/mol. The average molecular weight is 505 g/mol. The van der Waals surface area contributed by atoms with Crippen molar-refractivity contribution < 1.29 is 34.0 Å². The van der Waals surface area contributed by atoms with Crippen LogP contribution in [0.15, 0.2) is 0 Å². The molecule has 0 saturated carbocycles. The van der Waals surface area contributed by atoms with Crippen molar-refractivity contribution in [2.75, 3.05) is 46.2 Å². The van der Waals surface area contributed by atoms with Crippen molar-refractivity contribution in [3.8, 4) is 0 Å². The van der Waals surface area contributed by atoms with Crippen LogP contribution in [0.2, 0.25) is 0 Å². The maximum Gasteiger partial charge on any atom is 0.125 e. The summed E-state index contributed by atoms with van der Waals surface area (Å²) >= 11 is 0. The van der Waals surface area contributed by atoms with Gasteiger partial charge < -0.3 is 34.0 Å². The smallest absolute Gasteiger partial charge is 0.125 e. The van der Waals surface area contributed by atoms with Gasteiger partial charge in [-0.1, -0.05) is 90.9 Å². The van der Waals surface area contributed by atoms with Gasteiger partial charge in [0.2, 0.25) is 0 Å². The molecule has 0 spiro atoms. The summed E-state index contributed by atoms with van der Waals surface area (Å²) in [6, 6.07) is 0. The molecule has 2 atom stereocenters. The number of hydrogen-bond acceptors (Lipinski definition) is 7. The quantitative estimate of drug-likeness (QED) is 0.116. The largest absolute Gasteiger partial charge is 0.394 e. The Hall–Kier alpha value is -0.860. The molecular weight excluding hydrogens is 448 g/mol. The van der Waals surface area contributed by atoms with E-state index in [1.807, 2.05) is 0 Å². The zero-order valence-electron chi connectivity index (χ0n) is 22.8. The lowest BCUT2D eigenvalue weighted by molar-refractivity contribution is -0.119. The van der Waals surface area contributed by atoms with Crippen LogP contribution in [0.25, 0.3) is 0 Å². The SMILES string of the molecule is CCCCCCCCC(C=O)C(CO)OCCOCCOCCO.CCCCCCCCCC=O. The number of carbonyl (C=O) groups is 2. The van der Waals surface area contributed by atoms with Crippen molar-refractivity contribution in [1.82, 2.24) is 0 Å². The number of carbonyl (C=O) groups excluding carboxylic acids is 2. The lowest BCUT2D eigenvalue weighted by Crippen LogP contribution is -2.30. The Morgan fingerprint density at radius 1 is 0.657 bits per heavy atom. The van der Waals surface area contributed by atoms with Gasteiger partial charge >= 0.3 is 0 Å². The first-order chi connectivity index (χ1) is 17.2. The maximum absolute atomic E-state index is 11.2. The topological polar surface area (TPSA) is 102 Å². The zero-order valence-corrected chi connectivity index (χ0v) is 22.8. The summed E-state index contributed by atoms with van der Waals surface area (Å²) < 4.78 is 16.0. The van der Waals surface area contributed by atoms with E-state index in [-0.39, 0.29) is 19.1 Å². The van der Waals surface area contributed by atoms with Gasteiger partial charge in [0.05, 0.1) is 52.4 Å². The molecule has 7 heteroatoms. The number of ether oxygens (including phenoxy) is 3. The molecule has 2 unspecified atom stereocenters. The van der Waals surface area contributed by atoms with E-state index in [4.69, 9.17) is 19.3 Å².